The maximum atomic E-state index is 5.50. The molecule has 7 heteroatoms. The number of pyridine rings is 1. The minimum atomic E-state index is 0.446. The van der Waals surface area contributed by atoms with Crippen molar-refractivity contribution in [2.75, 3.05) is 33.9 Å². The van der Waals surface area contributed by atoms with E-state index in [4.69, 9.17) is 19.4 Å². The molecule has 34 heavy (non-hydrogen) atoms. The lowest BCUT2D eigenvalue weighted by Crippen LogP contribution is -2.55. The van der Waals surface area contributed by atoms with Gasteiger partial charge in [0.05, 0.1) is 25.6 Å². The molecule has 178 valence electrons. The van der Waals surface area contributed by atoms with E-state index in [-0.39, 0.29) is 0 Å². The molecule has 2 bridgehead atoms. The standard InChI is InChI=1S/C27H33N5O2/c1-18-30-24(20-7-8-26(33-2)27(13-20)34-3)14-25(31-18)23-17-32-11-9-19(23)12-22(32)16-28-15-21-6-4-5-10-29-21/h4-8,10,13-14,19,22-23,28H,9,11-12,15-17H2,1-3H3. The summed E-state index contributed by atoms with van der Waals surface area (Å²) in [5.41, 5.74) is 4.21. The molecule has 6 rings (SSSR count). The number of ether oxygens (including phenoxy) is 2. The van der Waals surface area contributed by atoms with Gasteiger partial charge in [-0.25, -0.2) is 9.97 Å². The van der Waals surface area contributed by atoms with Crippen molar-refractivity contribution in [1.29, 1.82) is 0 Å². The summed E-state index contributed by atoms with van der Waals surface area (Å²) in [5.74, 6) is 3.34. The van der Waals surface area contributed by atoms with Crippen LogP contribution < -0.4 is 14.8 Å². The van der Waals surface area contributed by atoms with E-state index in [9.17, 15) is 0 Å². The van der Waals surface area contributed by atoms with E-state index in [2.05, 4.69) is 27.3 Å². The molecule has 0 amide bonds. The Bertz CT molecular complexity index is 1120. The first-order valence-corrected chi connectivity index (χ1v) is 12.1. The van der Waals surface area contributed by atoms with Gasteiger partial charge in [0, 0.05) is 49.0 Å². The van der Waals surface area contributed by atoms with Gasteiger partial charge in [-0.15, -0.1) is 0 Å². The van der Waals surface area contributed by atoms with Crippen molar-refractivity contribution in [2.45, 2.75) is 38.3 Å². The third-order valence-corrected chi connectivity index (χ3v) is 7.21. The molecular formula is C27H33N5O2. The molecule has 3 saturated heterocycles. The smallest absolute Gasteiger partial charge is 0.161 e. The van der Waals surface area contributed by atoms with E-state index >= 15 is 0 Å². The first-order valence-electron chi connectivity index (χ1n) is 12.1. The van der Waals surface area contributed by atoms with Crippen molar-refractivity contribution >= 4 is 0 Å². The van der Waals surface area contributed by atoms with Crippen LogP contribution in [-0.2, 0) is 6.54 Å². The van der Waals surface area contributed by atoms with Gasteiger partial charge in [0.2, 0.25) is 0 Å². The van der Waals surface area contributed by atoms with Gasteiger partial charge in [-0.3, -0.25) is 9.88 Å². The van der Waals surface area contributed by atoms with Crippen LogP contribution in [0.1, 0.15) is 36.0 Å². The Hall–Kier alpha value is -3.03. The number of nitrogens with one attached hydrogen (secondary N) is 1. The third kappa shape index (κ3) is 4.76. The van der Waals surface area contributed by atoms with Crippen molar-refractivity contribution in [3.8, 4) is 22.8 Å². The van der Waals surface area contributed by atoms with Gasteiger partial charge >= 0.3 is 0 Å². The van der Waals surface area contributed by atoms with Gasteiger partial charge in [0.25, 0.3) is 0 Å². The third-order valence-electron chi connectivity index (χ3n) is 7.21. The van der Waals surface area contributed by atoms with Crippen molar-refractivity contribution < 1.29 is 9.47 Å². The molecule has 3 aliphatic rings. The van der Waals surface area contributed by atoms with Crippen LogP contribution in [0.4, 0.5) is 0 Å². The molecule has 0 spiro atoms. The zero-order valence-electron chi connectivity index (χ0n) is 20.2. The first kappa shape index (κ1) is 22.7. The number of rotatable bonds is 8. The minimum Gasteiger partial charge on any atom is -0.493 e. The van der Waals surface area contributed by atoms with Crippen molar-refractivity contribution in [2.24, 2.45) is 5.92 Å². The number of benzene rings is 1. The highest BCUT2D eigenvalue weighted by Crippen LogP contribution is 2.42. The highest BCUT2D eigenvalue weighted by molar-refractivity contribution is 5.64. The number of hydrogen-bond donors (Lipinski definition) is 1. The number of hydrogen-bond acceptors (Lipinski definition) is 7. The molecule has 0 saturated carbocycles. The van der Waals surface area contributed by atoms with E-state index in [0.717, 1.165) is 53.9 Å². The predicted molar refractivity (Wildman–Crippen MR) is 132 cm³/mol. The maximum Gasteiger partial charge on any atom is 0.161 e. The Kier molecular flexibility index (Phi) is 6.74. The van der Waals surface area contributed by atoms with Crippen LogP contribution >= 0.6 is 0 Å². The molecule has 4 atom stereocenters. The lowest BCUT2D eigenvalue weighted by molar-refractivity contribution is 0.0292. The summed E-state index contributed by atoms with van der Waals surface area (Å²) in [6.07, 6.45) is 4.29. The quantitative estimate of drug-likeness (QED) is 0.549. The first-order chi connectivity index (χ1) is 16.6. The molecule has 3 fully saturated rings. The Morgan fingerprint density at radius 1 is 1.06 bits per heavy atom. The van der Waals surface area contributed by atoms with Crippen LogP contribution in [-0.4, -0.2) is 59.7 Å². The Labute approximate surface area is 201 Å². The molecule has 3 aromatic rings. The molecule has 3 aliphatic heterocycles. The van der Waals surface area contributed by atoms with Gasteiger partial charge in [-0.05, 0) is 68.6 Å². The van der Waals surface area contributed by atoms with Crippen molar-refractivity contribution in [1.82, 2.24) is 25.2 Å². The Morgan fingerprint density at radius 2 is 1.94 bits per heavy atom. The molecule has 1 N–H and O–H groups in total. The van der Waals surface area contributed by atoms with E-state index in [0.29, 0.717) is 23.6 Å². The zero-order chi connectivity index (χ0) is 23.5. The van der Waals surface area contributed by atoms with Crippen LogP contribution in [0.3, 0.4) is 0 Å². The fourth-order valence-electron chi connectivity index (χ4n) is 5.48. The lowest BCUT2D eigenvalue weighted by atomic mass is 9.74. The minimum absolute atomic E-state index is 0.446. The number of fused-ring (bicyclic) bond motifs is 3. The number of piperidine rings is 3. The lowest BCUT2D eigenvalue weighted by Gasteiger charge is -2.50. The van der Waals surface area contributed by atoms with Gasteiger partial charge in [0.15, 0.2) is 11.5 Å². The van der Waals surface area contributed by atoms with E-state index in [1.807, 2.05) is 43.5 Å². The largest absolute Gasteiger partial charge is 0.493 e. The average molecular weight is 460 g/mol. The second-order valence-corrected chi connectivity index (χ2v) is 9.29. The maximum absolute atomic E-state index is 5.50. The molecule has 0 radical (unpaired) electrons. The number of nitrogens with zero attached hydrogens (tertiary/aromatic N) is 4. The predicted octanol–water partition coefficient (Wildman–Crippen LogP) is 3.83. The normalized spacial score (nSPS) is 23.6. The molecule has 2 aromatic heterocycles. The van der Waals surface area contributed by atoms with Crippen LogP contribution in [0.25, 0.3) is 11.3 Å². The second-order valence-electron chi connectivity index (χ2n) is 9.29. The molecule has 1 aromatic carbocycles. The van der Waals surface area contributed by atoms with Gasteiger partial charge in [-0.2, -0.15) is 0 Å². The summed E-state index contributed by atoms with van der Waals surface area (Å²) in [6.45, 7) is 6.03. The van der Waals surface area contributed by atoms with Gasteiger partial charge in [0.1, 0.15) is 5.82 Å². The molecular weight excluding hydrogens is 426 g/mol. The number of aryl methyl sites for hydroxylation is 1. The van der Waals surface area contributed by atoms with Gasteiger partial charge < -0.3 is 14.8 Å². The van der Waals surface area contributed by atoms with Crippen LogP contribution in [0, 0.1) is 12.8 Å². The van der Waals surface area contributed by atoms with Crippen molar-refractivity contribution in [3.63, 3.8) is 0 Å². The number of aromatic nitrogens is 3. The van der Waals surface area contributed by atoms with E-state index in [1.54, 1.807) is 14.2 Å². The summed E-state index contributed by atoms with van der Waals surface area (Å²) in [4.78, 5) is 16.7. The average Bonchev–Trinajstić information content (AvgIpc) is 2.89. The van der Waals surface area contributed by atoms with Gasteiger partial charge in [-0.1, -0.05) is 6.07 Å². The number of methoxy groups -OCH3 is 2. The summed E-state index contributed by atoms with van der Waals surface area (Å²) in [6, 6.07) is 14.8. The second kappa shape index (κ2) is 10.1. The molecule has 5 heterocycles. The molecule has 7 nitrogen and oxygen atoms in total. The molecule has 4 unspecified atom stereocenters. The van der Waals surface area contributed by atoms with E-state index in [1.165, 1.54) is 19.4 Å². The Morgan fingerprint density at radius 3 is 2.68 bits per heavy atom. The highest BCUT2D eigenvalue weighted by Gasteiger charge is 2.41. The topological polar surface area (TPSA) is 72.4 Å². The molecule has 0 aliphatic carbocycles. The monoisotopic (exact) mass is 459 g/mol. The summed E-state index contributed by atoms with van der Waals surface area (Å²) in [7, 11) is 3.31. The summed E-state index contributed by atoms with van der Waals surface area (Å²) in [5, 5.41) is 3.62. The highest BCUT2D eigenvalue weighted by atomic mass is 16.5. The van der Waals surface area contributed by atoms with Crippen LogP contribution in [0.5, 0.6) is 11.5 Å². The van der Waals surface area contributed by atoms with Crippen LogP contribution in [0.15, 0.2) is 48.7 Å². The SMILES string of the molecule is COc1ccc(-c2cc(C3CN4CCC3CC4CNCc3ccccn3)nc(C)n2)cc1OC. The fourth-order valence-corrected chi connectivity index (χ4v) is 5.48. The van der Waals surface area contributed by atoms with Crippen LogP contribution in [0.2, 0.25) is 0 Å². The fraction of sp³-hybridized carbons (Fsp3) is 0.444. The zero-order valence-corrected chi connectivity index (χ0v) is 20.2. The van der Waals surface area contributed by atoms with Crippen molar-refractivity contribution in [3.05, 3.63) is 65.9 Å². The Balaban J connectivity index is 1.29. The summed E-state index contributed by atoms with van der Waals surface area (Å²) < 4.78 is 10.9. The van der Waals surface area contributed by atoms with E-state index < -0.39 is 0 Å². The summed E-state index contributed by atoms with van der Waals surface area (Å²) >= 11 is 0.